The molecule has 0 saturated heterocycles. The van der Waals surface area contributed by atoms with E-state index in [1.54, 1.807) is 6.07 Å². The second kappa shape index (κ2) is 7.50. The maximum absolute atomic E-state index is 13.6. The lowest BCUT2D eigenvalue weighted by atomic mass is 9.92. The van der Waals surface area contributed by atoms with E-state index >= 15 is 0 Å². The minimum absolute atomic E-state index is 0.236. The largest absolute Gasteiger partial charge is 0.490 e. The standard InChI is InChI=1S/C28H22N2O3/c31-27-23-11-4-5-12-24(23)28(32,21-13-14-26-25(18-21)29-15-16-33-26)30(27)22-10-6-9-20(17-22)19-7-2-1-3-8-19/h1-14,17-18,29,32H,15-16H2. The first-order chi connectivity index (χ1) is 16.2. The lowest BCUT2D eigenvalue weighted by Gasteiger charge is -2.35. The molecule has 0 saturated carbocycles. The van der Waals surface area contributed by atoms with E-state index in [-0.39, 0.29) is 5.91 Å². The molecule has 0 fully saturated rings. The Balaban J connectivity index is 1.54. The number of hydrogen-bond donors (Lipinski definition) is 2. The molecule has 2 heterocycles. The average Bonchev–Trinajstić information content (AvgIpc) is 3.12. The van der Waals surface area contributed by atoms with Crippen LogP contribution in [0.25, 0.3) is 11.1 Å². The van der Waals surface area contributed by atoms with E-state index in [0.29, 0.717) is 35.5 Å². The van der Waals surface area contributed by atoms with Crippen LogP contribution >= 0.6 is 0 Å². The molecular formula is C28H22N2O3. The lowest BCUT2D eigenvalue weighted by molar-refractivity contribution is 0.0703. The van der Waals surface area contributed by atoms with Crippen molar-refractivity contribution in [3.8, 4) is 16.9 Å². The number of rotatable bonds is 3. The zero-order valence-corrected chi connectivity index (χ0v) is 17.9. The van der Waals surface area contributed by atoms with Gasteiger partial charge in [-0.3, -0.25) is 9.69 Å². The first-order valence-corrected chi connectivity index (χ1v) is 11.0. The number of nitrogens with zero attached hydrogens (tertiary/aromatic N) is 1. The SMILES string of the molecule is O=C1c2ccccc2C(O)(c2ccc3c(c2)NCCO3)N1c1cccc(-c2ccccc2)c1. The molecule has 2 aliphatic heterocycles. The van der Waals surface area contributed by atoms with Crippen molar-refractivity contribution in [1.82, 2.24) is 0 Å². The minimum Gasteiger partial charge on any atom is -0.490 e. The Morgan fingerprint density at radius 1 is 0.848 bits per heavy atom. The van der Waals surface area contributed by atoms with Crippen molar-refractivity contribution in [3.63, 3.8) is 0 Å². The van der Waals surface area contributed by atoms with Gasteiger partial charge in [0.1, 0.15) is 12.4 Å². The number of anilines is 2. The van der Waals surface area contributed by atoms with Crippen LogP contribution < -0.4 is 15.0 Å². The maximum atomic E-state index is 13.6. The molecule has 1 unspecified atom stereocenters. The molecule has 33 heavy (non-hydrogen) atoms. The van der Waals surface area contributed by atoms with E-state index < -0.39 is 5.72 Å². The third-order valence-electron chi connectivity index (χ3n) is 6.33. The van der Waals surface area contributed by atoms with Crippen molar-refractivity contribution < 1.29 is 14.6 Å². The summed E-state index contributed by atoms with van der Waals surface area (Å²) in [6.45, 7) is 1.28. The van der Waals surface area contributed by atoms with E-state index in [0.717, 1.165) is 22.6 Å². The molecule has 0 bridgehead atoms. The number of aliphatic hydroxyl groups is 1. The molecule has 0 aromatic heterocycles. The van der Waals surface area contributed by atoms with E-state index in [4.69, 9.17) is 4.74 Å². The first-order valence-electron chi connectivity index (χ1n) is 11.0. The van der Waals surface area contributed by atoms with Crippen LogP contribution in [0.5, 0.6) is 5.75 Å². The normalized spacial score (nSPS) is 18.8. The molecule has 5 nitrogen and oxygen atoms in total. The predicted molar refractivity (Wildman–Crippen MR) is 129 cm³/mol. The summed E-state index contributed by atoms with van der Waals surface area (Å²) in [6, 6.07) is 30.5. The van der Waals surface area contributed by atoms with E-state index in [1.807, 2.05) is 91.0 Å². The molecule has 2 N–H and O–H groups in total. The van der Waals surface area contributed by atoms with Gasteiger partial charge < -0.3 is 15.2 Å². The fraction of sp³-hybridized carbons (Fsp3) is 0.107. The molecule has 6 rings (SSSR count). The molecule has 0 radical (unpaired) electrons. The number of carbonyl (C=O) groups is 1. The summed E-state index contributed by atoms with van der Waals surface area (Å²) >= 11 is 0. The predicted octanol–water partition coefficient (Wildman–Crippen LogP) is 5.01. The zero-order chi connectivity index (χ0) is 22.4. The Morgan fingerprint density at radius 3 is 2.52 bits per heavy atom. The number of carbonyl (C=O) groups excluding carboxylic acids is 1. The minimum atomic E-state index is -1.66. The van der Waals surface area contributed by atoms with Gasteiger partial charge in [-0.15, -0.1) is 0 Å². The summed E-state index contributed by atoms with van der Waals surface area (Å²) in [5.74, 6) is 0.504. The van der Waals surface area contributed by atoms with Gasteiger partial charge in [-0.05, 0) is 47.5 Å². The highest BCUT2D eigenvalue weighted by atomic mass is 16.5. The van der Waals surface area contributed by atoms with Crippen LogP contribution in [-0.4, -0.2) is 24.2 Å². The van der Waals surface area contributed by atoms with Gasteiger partial charge in [0.15, 0.2) is 5.72 Å². The molecule has 2 aliphatic rings. The van der Waals surface area contributed by atoms with Crippen molar-refractivity contribution in [2.45, 2.75) is 5.72 Å². The molecule has 0 aliphatic carbocycles. The summed E-state index contributed by atoms with van der Waals surface area (Å²) in [5.41, 5.74) is 3.45. The Morgan fingerprint density at radius 2 is 1.64 bits per heavy atom. The lowest BCUT2D eigenvalue weighted by Crippen LogP contribution is -2.45. The van der Waals surface area contributed by atoms with Gasteiger partial charge in [0.2, 0.25) is 0 Å². The first kappa shape index (κ1) is 19.6. The molecular weight excluding hydrogens is 412 g/mol. The Kier molecular flexibility index (Phi) is 4.45. The van der Waals surface area contributed by atoms with Crippen LogP contribution in [0.3, 0.4) is 0 Å². The summed E-state index contributed by atoms with van der Waals surface area (Å²) in [5, 5.41) is 15.6. The zero-order valence-electron chi connectivity index (χ0n) is 17.9. The highest BCUT2D eigenvalue weighted by Crippen LogP contribution is 2.46. The monoisotopic (exact) mass is 434 g/mol. The van der Waals surface area contributed by atoms with Crippen LogP contribution in [0.1, 0.15) is 21.5 Å². The van der Waals surface area contributed by atoms with Crippen LogP contribution in [0.15, 0.2) is 97.1 Å². The number of amides is 1. The summed E-state index contributed by atoms with van der Waals surface area (Å²) in [6.07, 6.45) is 0. The van der Waals surface area contributed by atoms with Gasteiger partial charge >= 0.3 is 0 Å². The Labute approximate surface area is 191 Å². The number of nitrogens with one attached hydrogen (secondary N) is 1. The molecule has 0 spiro atoms. The van der Waals surface area contributed by atoms with Crippen molar-refractivity contribution in [2.75, 3.05) is 23.4 Å². The average molecular weight is 434 g/mol. The highest BCUT2D eigenvalue weighted by molar-refractivity contribution is 6.12. The van der Waals surface area contributed by atoms with Crippen LogP contribution in [0.2, 0.25) is 0 Å². The quantitative estimate of drug-likeness (QED) is 0.476. The van der Waals surface area contributed by atoms with E-state index in [9.17, 15) is 9.90 Å². The molecule has 1 amide bonds. The third-order valence-corrected chi connectivity index (χ3v) is 6.33. The van der Waals surface area contributed by atoms with Gasteiger partial charge in [-0.25, -0.2) is 0 Å². The Hall–Kier alpha value is -4.09. The smallest absolute Gasteiger partial charge is 0.261 e. The molecule has 4 aromatic rings. The molecule has 162 valence electrons. The number of benzene rings is 4. The van der Waals surface area contributed by atoms with Crippen molar-refractivity contribution in [3.05, 3.63) is 114 Å². The van der Waals surface area contributed by atoms with Crippen molar-refractivity contribution in [1.29, 1.82) is 0 Å². The summed E-state index contributed by atoms with van der Waals surface area (Å²) in [7, 11) is 0. The van der Waals surface area contributed by atoms with Gasteiger partial charge in [0, 0.05) is 28.9 Å². The van der Waals surface area contributed by atoms with Gasteiger partial charge in [-0.1, -0.05) is 60.7 Å². The number of fused-ring (bicyclic) bond motifs is 2. The van der Waals surface area contributed by atoms with Gasteiger partial charge in [0.05, 0.1) is 5.69 Å². The third kappa shape index (κ3) is 3.01. The van der Waals surface area contributed by atoms with Crippen molar-refractivity contribution >= 4 is 17.3 Å². The molecule has 4 aromatic carbocycles. The van der Waals surface area contributed by atoms with E-state index in [1.165, 1.54) is 4.90 Å². The van der Waals surface area contributed by atoms with Gasteiger partial charge in [0.25, 0.3) is 5.91 Å². The topological polar surface area (TPSA) is 61.8 Å². The second-order valence-corrected chi connectivity index (χ2v) is 8.26. The molecule has 5 heteroatoms. The summed E-state index contributed by atoms with van der Waals surface area (Å²) in [4.78, 5) is 15.1. The van der Waals surface area contributed by atoms with Crippen LogP contribution in [0.4, 0.5) is 11.4 Å². The van der Waals surface area contributed by atoms with E-state index in [2.05, 4.69) is 5.32 Å². The van der Waals surface area contributed by atoms with Crippen molar-refractivity contribution in [2.24, 2.45) is 0 Å². The van der Waals surface area contributed by atoms with Crippen LogP contribution in [-0.2, 0) is 5.72 Å². The molecule has 1 atom stereocenters. The van der Waals surface area contributed by atoms with Crippen LogP contribution in [0, 0.1) is 0 Å². The second-order valence-electron chi connectivity index (χ2n) is 8.26. The summed E-state index contributed by atoms with van der Waals surface area (Å²) < 4.78 is 5.72. The number of ether oxygens (including phenoxy) is 1. The fourth-order valence-electron chi connectivity index (χ4n) is 4.76. The number of hydrogen-bond acceptors (Lipinski definition) is 4. The van der Waals surface area contributed by atoms with Gasteiger partial charge in [-0.2, -0.15) is 0 Å². The maximum Gasteiger partial charge on any atom is 0.261 e. The fourth-order valence-corrected chi connectivity index (χ4v) is 4.76. The highest BCUT2D eigenvalue weighted by Gasteiger charge is 2.50. The Bertz CT molecular complexity index is 1370.